The van der Waals surface area contributed by atoms with Crippen LogP contribution < -0.4 is 0 Å². The maximum absolute atomic E-state index is 13.5. The van der Waals surface area contributed by atoms with E-state index < -0.39 is 23.3 Å². The standard InChI is InChI=1S/C11H12ClFO3/c1-11(2,10(15)16)9(14)8-6(12)4-3-5-7(8)13/h3-5,9,14H,1-2H3,(H,15,16). The molecular weight excluding hydrogens is 235 g/mol. The van der Waals surface area contributed by atoms with Gasteiger partial charge in [0, 0.05) is 10.6 Å². The fraction of sp³-hybridized carbons (Fsp3) is 0.364. The zero-order chi connectivity index (χ0) is 12.5. The molecule has 3 nitrogen and oxygen atoms in total. The van der Waals surface area contributed by atoms with Crippen molar-refractivity contribution in [1.82, 2.24) is 0 Å². The highest BCUT2D eigenvalue weighted by Crippen LogP contribution is 2.38. The summed E-state index contributed by atoms with van der Waals surface area (Å²) >= 11 is 5.74. The van der Waals surface area contributed by atoms with Gasteiger partial charge in [-0.15, -0.1) is 0 Å². The van der Waals surface area contributed by atoms with E-state index in [1.807, 2.05) is 0 Å². The number of halogens is 2. The zero-order valence-electron chi connectivity index (χ0n) is 8.87. The molecule has 5 heteroatoms. The molecule has 1 unspecified atom stereocenters. The summed E-state index contributed by atoms with van der Waals surface area (Å²) in [7, 11) is 0. The molecule has 1 rings (SSSR count). The van der Waals surface area contributed by atoms with E-state index in [1.165, 1.54) is 26.0 Å². The van der Waals surface area contributed by atoms with Crippen LogP contribution in [0.1, 0.15) is 25.5 Å². The van der Waals surface area contributed by atoms with E-state index in [4.69, 9.17) is 16.7 Å². The Labute approximate surface area is 97.5 Å². The summed E-state index contributed by atoms with van der Waals surface area (Å²) < 4.78 is 13.5. The number of hydrogen-bond donors (Lipinski definition) is 2. The van der Waals surface area contributed by atoms with E-state index in [2.05, 4.69) is 0 Å². The largest absolute Gasteiger partial charge is 0.481 e. The van der Waals surface area contributed by atoms with Crippen molar-refractivity contribution < 1.29 is 19.4 Å². The topological polar surface area (TPSA) is 57.5 Å². The van der Waals surface area contributed by atoms with Crippen LogP contribution in [0.25, 0.3) is 0 Å². The molecule has 1 atom stereocenters. The third-order valence-corrected chi connectivity index (χ3v) is 2.84. The number of aliphatic hydroxyl groups is 1. The first-order valence-corrected chi connectivity index (χ1v) is 5.01. The van der Waals surface area contributed by atoms with E-state index in [0.717, 1.165) is 6.07 Å². The average molecular weight is 247 g/mol. The molecule has 0 saturated heterocycles. The highest BCUT2D eigenvalue weighted by molar-refractivity contribution is 6.31. The first-order valence-electron chi connectivity index (χ1n) is 4.64. The molecule has 1 aromatic rings. The lowest BCUT2D eigenvalue weighted by Gasteiger charge is -2.27. The number of carbonyl (C=O) groups is 1. The van der Waals surface area contributed by atoms with Gasteiger partial charge in [-0.3, -0.25) is 4.79 Å². The molecule has 0 fully saturated rings. The van der Waals surface area contributed by atoms with Crippen molar-refractivity contribution in [3.8, 4) is 0 Å². The van der Waals surface area contributed by atoms with Crippen LogP contribution in [0.3, 0.4) is 0 Å². The quantitative estimate of drug-likeness (QED) is 0.862. The number of benzene rings is 1. The summed E-state index contributed by atoms with van der Waals surface area (Å²) in [6, 6.07) is 3.92. The Morgan fingerprint density at radius 1 is 1.50 bits per heavy atom. The van der Waals surface area contributed by atoms with Crippen LogP contribution >= 0.6 is 11.6 Å². The highest BCUT2D eigenvalue weighted by Gasteiger charge is 2.39. The zero-order valence-corrected chi connectivity index (χ0v) is 9.62. The third-order valence-electron chi connectivity index (χ3n) is 2.51. The number of carboxylic acids is 1. The Hall–Kier alpha value is -1.13. The lowest BCUT2D eigenvalue weighted by Crippen LogP contribution is -2.31. The second-order valence-corrected chi connectivity index (χ2v) is 4.47. The minimum Gasteiger partial charge on any atom is -0.481 e. The Morgan fingerprint density at radius 2 is 2.06 bits per heavy atom. The number of rotatable bonds is 3. The second-order valence-electron chi connectivity index (χ2n) is 4.06. The summed E-state index contributed by atoms with van der Waals surface area (Å²) in [6.45, 7) is 2.62. The number of carboxylic acid groups (broad SMARTS) is 1. The van der Waals surface area contributed by atoms with Gasteiger partial charge in [0.25, 0.3) is 0 Å². The van der Waals surface area contributed by atoms with E-state index >= 15 is 0 Å². The van der Waals surface area contributed by atoms with Crippen LogP contribution in [0.15, 0.2) is 18.2 Å². The van der Waals surface area contributed by atoms with Crippen LogP contribution in [0.2, 0.25) is 5.02 Å². The first-order chi connectivity index (χ1) is 7.28. The van der Waals surface area contributed by atoms with Crippen LogP contribution in [0, 0.1) is 11.2 Å². The van der Waals surface area contributed by atoms with Gasteiger partial charge in [-0.25, -0.2) is 4.39 Å². The van der Waals surface area contributed by atoms with Crippen molar-refractivity contribution >= 4 is 17.6 Å². The van der Waals surface area contributed by atoms with Gasteiger partial charge < -0.3 is 10.2 Å². The molecule has 0 heterocycles. The molecule has 2 N–H and O–H groups in total. The molecule has 0 radical (unpaired) electrons. The van der Waals surface area contributed by atoms with Gasteiger partial charge in [0.2, 0.25) is 0 Å². The summed E-state index contributed by atoms with van der Waals surface area (Å²) in [4.78, 5) is 10.9. The number of aliphatic carboxylic acids is 1. The molecule has 0 aliphatic heterocycles. The highest BCUT2D eigenvalue weighted by atomic mass is 35.5. The summed E-state index contributed by atoms with van der Waals surface area (Å²) in [5, 5.41) is 18.8. The van der Waals surface area contributed by atoms with Crippen LogP contribution in [0.4, 0.5) is 4.39 Å². The van der Waals surface area contributed by atoms with E-state index in [1.54, 1.807) is 0 Å². The molecule has 16 heavy (non-hydrogen) atoms. The normalized spacial score (nSPS) is 13.6. The van der Waals surface area contributed by atoms with Gasteiger partial charge >= 0.3 is 5.97 Å². The van der Waals surface area contributed by atoms with E-state index in [9.17, 15) is 14.3 Å². The van der Waals surface area contributed by atoms with Crippen molar-refractivity contribution in [3.63, 3.8) is 0 Å². The molecule has 88 valence electrons. The van der Waals surface area contributed by atoms with Crippen LogP contribution in [-0.2, 0) is 4.79 Å². The monoisotopic (exact) mass is 246 g/mol. The third kappa shape index (κ3) is 2.18. The van der Waals surface area contributed by atoms with Gasteiger partial charge in [0.05, 0.1) is 11.5 Å². The molecule has 0 aliphatic carbocycles. The van der Waals surface area contributed by atoms with Gasteiger partial charge in [0.1, 0.15) is 5.82 Å². The van der Waals surface area contributed by atoms with Gasteiger partial charge in [-0.05, 0) is 26.0 Å². The molecule has 0 spiro atoms. The lowest BCUT2D eigenvalue weighted by atomic mass is 9.82. The minimum absolute atomic E-state index is 0.0156. The summed E-state index contributed by atoms with van der Waals surface area (Å²) in [5.41, 5.74) is -1.69. The Bertz CT molecular complexity index is 397. The van der Waals surface area contributed by atoms with Crippen LogP contribution in [-0.4, -0.2) is 16.2 Å². The second kappa shape index (κ2) is 4.39. The fourth-order valence-electron chi connectivity index (χ4n) is 1.25. The predicted octanol–water partition coefficient (Wildman–Crippen LogP) is 2.62. The van der Waals surface area contributed by atoms with E-state index in [-0.39, 0.29) is 10.6 Å². The Balaban J connectivity index is 3.24. The molecule has 0 saturated carbocycles. The lowest BCUT2D eigenvalue weighted by molar-refractivity contribution is -0.153. The SMILES string of the molecule is CC(C)(C(=O)O)C(O)c1c(F)cccc1Cl. The van der Waals surface area contributed by atoms with Crippen molar-refractivity contribution in [3.05, 3.63) is 34.6 Å². The molecule has 1 aromatic carbocycles. The number of aliphatic hydroxyl groups excluding tert-OH is 1. The van der Waals surface area contributed by atoms with Gasteiger partial charge in [0.15, 0.2) is 0 Å². The van der Waals surface area contributed by atoms with Crippen molar-refractivity contribution in [2.45, 2.75) is 20.0 Å². The molecule has 0 aliphatic rings. The van der Waals surface area contributed by atoms with Crippen molar-refractivity contribution in [1.29, 1.82) is 0 Å². The van der Waals surface area contributed by atoms with Gasteiger partial charge in [-0.2, -0.15) is 0 Å². The predicted molar refractivity (Wildman–Crippen MR) is 57.8 cm³/mol. The maximum Gasteiger partial charge on any atom is 0.312 e. The van der Waals surface area contributed by atoms with Crippen LogP contribution in [0.5, 0.6) is 0 Å². The summed E-state index contributed by atoms with van der Waals surface area (Å²) in [6.07, 6.45) is -1.50. The average Bonchev–Trinajstić information content (AvgIpc) is 2.16. The molecular formula is C11H12ClFO3. The van der Waals surface area contributed by atoms with Crippen molar-refractivity contribution in [2.75, 3.05) is 0 Å². The minimum atomic E-state index is -1.51. The smallest absolute Gasteiger partial charge is 0.312 e. The van der Waals surface area contributed by atoms with Crippen molar-refractivity contribution in [2.24, 2.45) is 5.41 Å². The van der Waals surface area contributed by atoms with E-state index in [0.29, 0.717) is 0 Å². The molecule has 0 aromatic heterocycles. The maximum atomic E-state index is 13.5. The van der Waals surface area contributed by atoms with Gasteiger partial charge in [-0.1, -0.05) is 17.7 Å². The Morgan fingerprint density at radius 3 is 2.50 bits per heavy atom. The molecule has 0 bridgehead atoms. The first kappa shape index (κ1) is 12.9. The molecule has 0 amide bonds. The Kier molecular flexibility index (Phi) is 3.55. The number of hydrogen-bond acceptors (Lipinski definition) is 2. The fourth-order valence-corrected chi connectivity index (χ4v) is 1.52. The summed E-state index contributed by atoms with van der Waals surface area (Å²) in [5.74, 6) is -1.94.